The predicted octanol–water partition coefficient (Wildman–Crippen LogP) is 3.74. The molecule has 0 aliphatic carbocycles. The number of aromatic hydroxyl groups is 1. The first-order chi connectivity index (χ1) is 10.6. The molecular weight excluding hydrogens is 284 g/mol. The van der Waals surface area contributed by atoms with Gasteiger partial charge in [-0.2, -0.15) is 0 Å². The second-order valence-electron chi connectivity index (χ2n) is 4.93. The molecule has 1 saturated heterocycles. The summed E-state index contributed by atoms with van der Waals surface area (Å²) < 4.78 is 16.5. The molecule has 0 radical (unpaired) electrons. The van der Waals surface area contributed by atoms with Crippen molar-refractivity contribution in [3.63, 3.8) is 0 Å². The highest BCUT2D eigenvalue weighted by molar-refractivity contribution is 5.86. The second-order valence-corrected chi connectivity index (χ2v) is 4.93. The van der Waals surface area contributed by atoms with Crippen molar-refractivity contribution >= 4 is 11.0 Å². The van der Waals surface area contributed by atoms with Crippen LogP contribution in [0.15, 0.2) is 27.4 Å². The molecule has 2 aromatic rings. The molecule has 3 rings (SSSR count). The Morgan fingerprint density at radius 3 is 2.73 bits per heavy atom. The Hall–Kier alpha value is -2.01. The summed E-state index contributed by atoms with van der Waals surface area (Å²) in [4.78, 5) is 11.4. The summed E-state index contributed by atoms with van der Waals surface area (Å²) in [6.07, 6.45) is 2.72. The summed E-state index contributed by atoms with van der Waals surface area (Å²) in [6, 6.07) is 4.50. The molecular formula is C17H22O5. The Morgan fingerprint density at radius 1 is 1.27 bits per heavy atom. The Kier molecular flexibility index (Phi) is 5.44. The summed E-state index contributed by atoms with van der Waals surface area (Å²) in [5.41, 5.74) is 0.456. The Balaban J connectivity index is 0.000000847. The van der Waals surface area contributed by atoms with Crippen molar-refractivity contribution in [3.05, 3.63) is 34.2 Å². The molecule has 5 heteroatoms. The van der Waals surface area contributed by atoms with E-state index in [1.54, 1.807) is 19.1 Å². The van der Waals surface area contributed by atoms with Crippen LogP contribution < -0.4 is 10.4 Å². The Bertz CT molecular complexity index is 683. The maximum atomic E-state index is 11.4. The van der Waals surface area contributed by atoms with Crippen LogP contribution in [0.5, 0.6) is 11.5 Å². The van der Waals surface area contributed by atoms with E-state index in [1.807, 2.05) is 13.8 Å². The molecule has 2 heterocycles. The highest BCUT2D eigenvalue weighted by Gasteiger charge is 2.18. The number of rotatable bonds is 2. The first-order valence-electron chi connectivity index (χ1n) is 7.70. The fourth-order valence-corrected chi connectivity index (χ4v) is 2.40. The molecule has 0 spiro atoms. The lowest BCUT2D eigenvalue weighted by Crippen LogP contribution is -2.25. The third-order valence-corrected chi connectivity index (χ3v) is 3.49. The van der Waals surface area contributed by atoms with Crippen molar-refractivity contribution < 1.29 is 19.0 Å². The van der Waals surface area contributed by atoms with Gasteiger partial charge in [0.15, 0.2) is 6.29 Å². The molecule has 1 fully saturated rings. The largest absolute Gasteiger partial charge is 0.507 e. The van der Waals surface area contributed by atoms with Crippen LogP contribution in [-0.2, 0) is 4.74 Å². The third kappa shape index (κ3) is 3.42. The zero-order chi connectivity index (χ0) is 16.1. The number of benzene rings is 1. The van der Waals surface area contributed by atoms with Gasteiger partial charge in [-0.15, -0.1) is 0 Å². The highest BCUT2D eigenvalue weighted by Crippen LogP contribution is 2.32. The number of fused-ring (bicyclic) bond motifs is 1. The predicted molar refractivity (Wildman–Crippen MR) is 84.5 cm³/mol. The first kappa shape index (κ1) is 16.4. The number of hydrogen-bond donors (Lipinski definition) is 1. The minimum atomic E-state index is -0.579. The van der Waals surface area contributed by atoms with Gasteiger partial charge in [0, 0.05) is 12.0 Å². The van der Waals surface area contributed by atoms with Crippen molar-refractivity contribution in [1.82, 2.24) is 0 Å². The molecule has 0 bridgehead atoms. The lowest BCUT2D eigenvalue weighted by molar-refractivity contribution is -0.106. The number of hydrogen-bond acceptors (Lipinski definition) is 5. The fraction of sp³-hybridized carbons (Fsp3) is 0.471. The molecule has 1 atom stereocenters. The fourth-order valence-electron chi connectivity index (χ4n) is 2.40. The van der Waals surface area contributed by atoms with Gasteiger partial charge in [0.05, 0.1) is 18.1 Å². The van der Waals surface area contributed by atoms with Crippen LogP contribution in [0.4, 0.5) is 0 Å². The lowest BCUT2D eigenvalue weighted by atomic mass is 10.1. The molecule has 1 aliphatic rings. The number of ether oxygens (including phenoxy) is 2. The van der Waals surface area contributed by atoms with Crippen molar-refractivity contribution in [2.75, 3.05) is 6.61 Å². The molecule has 1 aromatic carbocycles. The molecule has 120 valence electrons. The van der Waals surface area contributed by atoms with Crippen LogP contribution in [0.25, 0.3) is 11.0 Å². The summed E-state index contributed by atoms with van der Waals surface area (Å²) in [5, 5.41) is 10.3. The van der Waals surface area contributed by atoms with E-state index < -0.39 is 5.63 Å². The van der Waals surface area contributed by atoms with Gasteiger partial charge in [-0.1, -0.05) is 13.8 Å². The van der Waals surface area contributed by atoms with Crippen LogP contribution >= 0.6 is 0 Å². The van der Waals surface area contributed by atoms with Gasteiger partial charge >= 0.3 is 5.63 Å². The maximum Gasteiger partial charge on any atom is 0.339 e. The summed E-state index contributed by atoms with van der Waals surface area (Å²) >= 11 is 0. The van der Waals surface area contributed by atoms with Gasteiger partial charge in [0.25, 0.3) is 0 Å². The smallest absolute Gasteiger partial charge is 0.339 e. The van der Waals surface area contributed by atoms with Crippen molar-refractivity contribution in [2.24, 2.45) is 0 Å². The van der Waals surface area contributed by atoms with E-state index in [1.165, 1.54) is 0 Å². The Morgan fingerprint density at radius 2 is 2.05 bits per heavy atom. The van der Waals surface area contributed by atoms with Gasteiger partial charge in [-0.3, -0.25) is 0 Å². The third-order valence-electron chi connectivity index (χ3n) is 3.49. The molecule has 0 amide bonds. The Labute approximate surface area is 129 Å². The average Bonchev–Trinajstić information content (AvgIpc) is 2.53. The van der Waals surface area contributed by atoms with Gasteiger partial charge < -0.3 is 19.0 Å². The highest BCUT2D eigenvalue weighted by atomic mass is 16.7. The van der Waals surface area contributed by atoms with Crippen molar-refractivity contribution in [1.29, 1.82) is 0 Å². The van der Waals surface area contributed by atoms with Crippen LogP contribution in [0.2, 0.25) is 0 Å². The van der Waals surface area contributed by atoms with Crippen LogP contribution in [-0.4, -0.2) is 18.0 Å². The van der Waals surface area contributed by atoms with E-state index in [2.05, 4.69) is 0 Å². The molecule has 1 aromatic heterocycles. The SMILES string of the molecule is CC.Cc1c(OC2CCCCO2)ccc2c(O)cc(=O)oc12. The second kappa shape index (κ2) is 7.31. The van der Waals surface area contributed by atoms with E-state index in [0.717, 1.165) is 25.3 Å². The molecule has 1 unspecified atom stereocenters. The summed E-state index contributed by atoms with van der Waals surface area (Å²) in [7, 11) is 0. The molecule has 1 aliphatic heterocycles. The zero-order valence-electron chi connectivity index (χ0n) is 13.2. The van der Waals surface area contributed by atoms with E-state index in [9.17, 15) is 9.90 Å². The molecule has 5 nitrogen and oxygen atoms in total. The monoisotopic (exact) mass is 306 g/mol. The molecule has 22 heavy (non-hydrogen) atoms. The minimum Gasteiger partial charge on any atom is -0.507 e. The minimum absolute atomic E-state index is 0.0835. The maximum absolute atomic E-state index is 11.4. The number of aryl methyl sites for hydroxylation is 1. The van der Waals surface area contributed by atoms with Crippen LogP contribution in [0.3, 0.4) is 0 Å². The topological polar surface area (TPSA) is 68.9 Å². The average molecular weight is 306 g/mol. The van der Waals surface area contributed by atoms with E-state index in [-0.39, 0.29) is 12.0 Å². The van der Waals surface area contributed by atoms with Crippen molar-refractivity contribution in [3.8, 4) is 11.5 Å². The van der Waals surface area contributed by atoms with Crippen molar-refractivity contribution in [2.45, 2.75) is 46.3 Å². The quantitative estimate of drug-likeness (QED) is 0.856. The first-order valence-corrected chi connectivity index (χ1v) is 7.70. The van der Waals surface area contributed by atoms with E-state index in [0.29, 0.717) is 28.9 Å². The lowest BCUT2D eigenvalue weighted by Gasteiger charge is -2.24. The summed E-state index contributed by atoms with van der Waals surface area (Å²) in [5.74, 6) is 0.526. The van der Waals surface area contributed by atoms with Gasteiger partial charge in [-0.25, -0.2) is 4.79 Å². The van der Waals surface area contributed by atoms with Crippen LogP contribution in [0, 0.1) is 6.92 Å². The normalized spacial score (nSPS) is 17.7. The standard InChI is InChI=1S/C15H16O5.C2H6/c1-9-12(19-14-4-2-3-7-18-14)6-5-10-11(16)8-13(17)20-15(9)10;1-2/h5-6,8,14,16H,2-4,7H2,1H3;1-2H3. The van der Waals surface area contributed by atoms with Gasteiger partial charge in [0.1, 0.15) is 17.1 Å². The van der Waals surface area contributed by atoms with Gasteiger partial charge in [0.2, 0.25) is 0 Å². The zero-order valence-corrected chi connectivity index (χ0v) is 13.2. The van der Waals surface area contributed by atoms with Gasteiger partial charge in [-0.05, 0) is 31.9 Å². The summed E-state index contributed by atoms with van der Waals surface area (Å²) in [6.45, 7) is 6.50. The van der Waals surface area contributed by atoms with E-state index >= 15 is 0 Å². The molecule has 0 saturated carbocycles. The van der Waals surface area contributed by atoms with Crippen LogP contribution in [0.1, 0.15) is 38.7 Å². The molecule has 1 N–H and O–H groups in total. The van der Waals surface area contributed by atoms with E-state index in [4.69, 9.17) is 13.9 Å².